The van der Waals surface area contributed by atoms with Crippen LogP contribution in [-0.2, 0) is 6.42 Å². The summed E-state index contributed by atoms with van der Waals surface area (Å²) in [5.74, 6) is 0. The van der Waals surface area contributed by atoms with Crippen LogP contribution in [0, 0.1) is 6.92 Å². The molecule has 0 spiro atoms. The molecule has 4 aliphatic rings. The summed E-state index contributed by atoms with van der Waals surface area (Å²) in [5, 5.41) is 18.2. The van der Waals surface area contributed by atoms with Gasteiger partial charge in [0.05, 0.1) is 29.5 Å². The smallest absolute Gasteiger partial charge is 0.0708 e. The van der Waals surface area contributed by atoms with Crippen molar-refractivity contribution < 1.29 is 0 Å². The molecule has 1 aliphatic carbocycles. The molecule has 5 aromatic rings. The second-order valence-electron chi connectivity index (χ2n) is 12.3. The van der Waals surface area contributed by atoms with Crippen LogP contribution in [-0.4, -0.2) is 0 Å². The van der Waals surface area contributed by atoms with Gasteiger partial charge in [-0.25, -0.2) is 0 Å². The average molecular weight is 556 g/mol. The van der Waals surface area contributed by atoms with E-state index in [-0.39, 0.29) is 18.1 Å². The Balaban J connectivity index is 1.07. The summed E-state index contributed by atoms with van der Waals surface area (Å²) in [7, 11) is 0. The normalized spacial score (nSPS) is 21.1. The highest BCUT2D eigenvalue weighted by Crippen LogP contribution is 2.44. The van der Waals surface area contributed by atoms with Crippen LogP contribution in [0.2, 0.25) is 0 Å². The lowest BCUT2D eigenvalue weighted by Crippen LogP contribution is -2.19. The van der Waals surface area contributed by atoms with Crippen LogP contribution in [0.4, 0.5) is 11.4 Å². The molecule has 3 heterocycles. The van der Waals surface area contributed by atoms with Crippen molar-refractivity contribution in [2.45, 2.75) is 37.9 Å². The van der Waals surface area contributed by atoms with Gasteiger partial charge in [-0.05, 0) is 97.7 Å². The molecular formula is C40H33N3. The van der Waals surface area contributed by atoms with Gasteiger partial charge in [0, 0.05) is 0 Å². The Morgan fingerprint density at radius 3 is 2.16 bits per heavy atom. The molecule has 0 fully saturated rings. The Bertz CT molecular complexity index is 2130. The first-order valence-electron chi connectivity index (χ1n) is 15.4. The monoisotopic (exact) mass is 555 g/mol. The van der Waals surface area contributed by atoms with Gasteiger partial charge in [-0.3, -0.25) is 0 Å². The third-order valence-electron chi connectivity index (χ3n) is 9.77. The Hall–Kier alpha value is -5.02. The Morgan fingerprint density at radius 1 is 0.674 bits per heavy atom. The van der Waals surface area contributed by atoms with Crippen molar-refractivity contribution in [3.63, 3.8) is 0 Å². The third-order valence-corrected chi connectivity index (χ3v) is 9.77. The fourth-order valence-electron chi connectivity index (χ4n) is 7.56. The predicted octanol–water partition coefficient (Wildman–Crippen LogP) is 8.82. The summed E-state index contributed by atoms with van der Waals surface area (Å²) in [6.07, 6.45) is 22.2. The SMILES string of the molecule is Cc1cc2c(C3C=Cc4ccc5c(c4N3)NC(c3ccc(C4C=CC=CN4)cc3)C=C5)ccc3ccc4c(c1CCC=4)c32. The zero-order valence-electron chi connectivity index (χ0n) is 24.2. The van der Waals surface area contributed by atoms with E-state index in [2.05, 4.69) is 132 Å². The molecule has 0 radical (unpaired) electrons. The van der Waals surface area contributed by atoms with Gasteiger partial charge in [-0.1, -0.05) is 109 Å². The van der Waals surface area contributed by atoms with E-state index in [4.69, 9.17) is 0 Å². The minimum Gasteiger partial charge on any atom is -0.381 e. The minimum absolute atomic E-state index is 0.0861. The van der Waals surface area contributed by atoms with Crippen LogP contribution < -0.4 is 21.2 Å². The number of aryl methyl sites for hydroxylation is 2. The van der Waals surface area contributed by atoms with Crippen LogP contribution in [0.3, 0.4) is 0 Å². The van der Waals surface area contributed by atoms with Gasteiger partial charge in [0.15, 0.2) is 0 Å². The summed E-state index contributed by atoms with van der Waals surface area (Å²) in [4.78, 5) is 0. The number of hydrogen-bond donors (Lipinski definition) is 3. The Labute approximate surface area is 252 Å². The van der Waals surface area contributed by atoms with E-state index >= 15 is 0 Å². The van der Waals surface area contributed by atoms with Crippen LogP contribution >= 0.6 is 0 Å². The lowest BCUT2D eigenvalue weighted by molar-refractivity contribution is 0.745. The highest BCUT2D eigenvalue weighted by atomic mass is 15.0. The molecule has 0 aromatic heterocycles. The van der Waals surface area contributed by atoms with Crippen LogP contribution in [0.15, 0.2) is 103 Å². The number of hydrogen-bond acceptors (Lipinski definition) is 3. The van der Waals surface area contributed by atoms with E-state index in [0.29, 0.717) is 0 Å². The van der Waals surface area contributed by atoms with E-state index in [1.54, 1.807) is 0 Å². The second kappa shape index (κ2) is 9.50. The molecular weight excluding hydrogens is 522 g/mol. The lowest BCUT2D eigenvalue weighted by atomic mass is 9.84. The number of benzene rings is 5. The van der Waals surface area contributed by atoms with Gasteiger partial charge in [0.1, 0.15) is 0 Å². The molecule has 5 aromatic carbocycles. The summed E-state index contributed by atoms with van der Waals surface area (Å²) in [5.41, 5.74) is 11.6. The molecule has 208 valence electrons. The maximum Gasteiger partial charge on any atom is 0.0708 e. The molecule has 9 rings (SSSR count). The fraction of sp³-hybridized carbons (Fsp3) is 0.150. The largest absolute Gasteiger partial charge is 0.381 e. The van der Waals surface area contributed by atoms with Crippen LogP contribution in [0.1, 0.15) is 63.5 Å². The predicted molar refractivity (Wildman–Crippen MR) is 182 cm³/mol. The highest BCUT2D eigenvalue weighted by Gasteiger charge is 2.25. The number of fused-ring (bicyclic) bond motifs is 3. The fourth-order valence-corrected chi connectivity index (χ4v) is 7.56. The molecule has 0 amide bonds. The van der Waals surface area contributed by atoms with E-state index in [0.717, 1.165) is 12.8 Å². The number of dihydropyridines is 1. The topological polar surface area (TPSA) is 36.1 Å². The third kappa shape index (κ3) is 3.88. The average Bonchev–Trinajstić information content (AvgIpc) is 3.07. The summed E-state index contributed by atoms with van der Waals surface area (Å²) in [6.45, 7) is 2.29. The lowest BCUT2D eigenvalue weighted by Gasteiger charge is -2.31. The molecule has 3 atom stereocenters. The summed E-state index contributed by atoms with van der Waals surface area (Å²) >= 11 is 0. The standard InChI is InChI=1S/C40H33N3/c1-24-23-33-32(19-16-28-13-12-27-5-4-6-31(24)37(27)38(28)33)36-21-18-30-15-14-29-17-20-35(42-39(29)40(30)43-36)26-10-8-25(9-11-26)34-7-2-3-22-41-34/h2-3,5,7-23,34-36,41-43H,4,6H2,1H3. The number of allylic oxidation sites excluding steroid dienone is 2. The number of anilines is 2. The maximum atomic E-state index is 3.97. The maximum absolute atomic E-state index is 3.97. The molecule has 0 saturated heterocycles. The van der Waals surface area contributed by atoms with Gasteiger partial charge < -0.3 is 16.0 Å². The molecule has 3 nitrogen and oxygen atoms in total. The molecule has 0 bridgehead atoms. The van der Waals surface area contributed by atoms with Crippen molar-refractivity contribution >= 4 is 51.1 Å². The van der Waals surface area contributed by atoms with E-state index in [1.807, 2.05) is 12.3 Å². The van der Waals surface area contributed by atoms with E-state index < -0.39 is 0 Å². The molecule has 3 heteroatoms. The van der Waals surface area contributed by atoms with Crippen molar-refractivity contribution in [2.75, 3.05) is 10.6 Å². The van der Waals surface area contributed by atoms with Crippen molar-refractivity contribution in [2.24, 2.45) is 0 Å². The van der Waals surface area contributed by atoms with Gasteiger partial charge >= 0.3 is 0 Å². The molecule has 0 saturated carbocycles. The van der Waals surface area contributed by atoms with E-state index in [9.17, 15) is 0 Å². The molecule has 3 unspecified atom stereocenters. The molecule has 43 heavy (non-hydrogen) atoms. The van der Waals surface area contributed by atoms with Crippen LogP contribution in [0.25, 0.3) is 39.8 Å². The zero-order valence-corrected chi connectivity index (χ0v) is 24.2. The number of nitrogens with one attached hydrogen (secondary N) is 3. The van der Waals surface area contributed by atoms with Gasteiger partial charge in [-0.2, -0.15) is 0 Å². The second-order valence-corrected chi connectivity index (χ2v) is 12.3. The van der Waals surface area contributed by atoms with Crippen molar-refractivity contribution in [1.82, 2.24) is 5.32 Å². The first-order chi connectivity index (χ1) is 21.2. The van der Waals surface area contributed by atoms with E-state index in [1.165, 1.54) is 77.1 Å². The quantitative estimate of drug-likeness (QED) is 0.208. The van der Waals surface area contributed by atoms with Crippen molar-refractivity contribution in [3.05, 3.63) is 147 Å². The van der Waals surface area contributed by atoms with Crippen molar-refractivity contribution in [1.29, 1.82) is 0 Å². The first kappa shape index (κ1) is 24.6. The highest BCUT2D eigenvalue weighted by molar-refractivity contribution is 6.14. The van der Waals surface area contributed by atoms with Gasteiger partial charge in [0.2, 0.25) is 0 Å². The summed E-state index contributed by atoms with van der Waals surface area (Å²) in [6, 6.07) is 25.5. The Morgan fingerprint density at radius 2 is 1.40 bits per heavy atom. The molecule has 3 aliphatic heterocycles. The first-order valence-corrected chi connectivity index (χ1v) is 15.4. The van der Waals surface area contributed by atoms with Gasteiger partial charge in [-0.15, -0.1) is 0 Å². The van der Waals surface area contributed by atoms with Crippen LogP contribution in [0.5, 0.6) is 0 Å². The van der Waals surface area contributed by atoms with Gasteiger partial charge in [0.25, 0.3) is 0 Å². The van der Waals surface area contributed by atoms with Crippen molar-refractivity contribution in [3.8, 4) is 0 Å². The Kier molecular flexibility index (Phi) is 5.43. The summed E-state index contributed by atoms with van der Waals surface area (Å²) < 4.78 is 0. The minimum atomic E-state index is 0.0861. The number of rotatable bonds is 3. The molecule has 3 N–H and O–H groups in total. The zero-order chi connectivity index (χ0) is 28.5.